The van der Waals surface area contributed by atoms with E-state index < -0.39 is 0 Å². The van der Waals surface area contributed by atoms with E-state index in [4.69, 9.17) is 0 Å². The van der Waals surface area contributed by atoms with Gasteiger partial charge < -0.3 is 10.6 Å². The summed E-state index contributed by atoms with van der Waals surface area (Å²) in [6, 6.07) is 19.4. The number of fused-ring (bicyclic) bond motifs is 1. The van der Waals surface area contributed by atoms with E-state index in [-0.39, 0.29) is 11.7 Å². The van der Waals surface area contributed by atoms with Gasteiger partial charge in [0.25, 0.3) is 5.91 Å². The number of carbonyl (C=O) groups excluding carboxylic acids is 1. The van der Waals surface area contributed by atoms with Gasteiger partial charge >= 0.3 is 0 Å². The Kier molecular flexibility index (Phi) is 5.42. The normalized spacial score (nSPS) is 10.7. The van der Waals surface area contributed by atoms with Crippen molar-refractivity contribution >= 4 is 28.2 Å². The van der Waals surface area contributed by atoms with Crippen LogP contribution in [0, 0.1) is 5.82 Å². The standard InChI is InChI=1S/C23H19FN4O/c24-18-8-6-16(7-9-18)10-13-25-19-11-14-26-21(15-19)23(29)28-20-5-1-3-17-4-2-12-27-22(17)20/h1-9,11-12,14-15H,10,13H2,(H,25,26)(H,28,29). The number of anilines is 2. The molecular weight excluding hydrogens is 367 g/mol. The molecule has 0 saturated heterocycles. The predicted octanol–water partition coefficient (Wildman–Crippen LogP) is 4.68. The Morgan fingerprint density at radius 2 is 1.76 bits per heavy atom. The smallest absolute Gasteiger partial charge is 0.274 e. The van der Waals surface area contributed by atoms with E-state index in [0.717, 1.165) is 28.6 Å². The Morgan fingerprint density at radius 1 is 0.931 bits per heavy atom. The molecule has 0 aliphatic heterocycles. The van der Waals surface area contributed by atoms with Crippen LogP contribution in [0.15, 0.2) is 79.1 Å². The number of pyridine rings is 2. The molecule has 0 fully saturated rings. The summed E-state index contributed by atoms with van der Waals surface area (Å²) in [5.74, 6) is -0.543. The van der Waals surface area contributed by atoms with Gasteiger partial charge in [-0.25, -0.2) is 4.39 Å². The van der Waals surface area contributed by atoms with Gasteiger partial charge in [-0.3, -0.25) is 14.8 Å². The first-order valence-corrected chi connectivity index (χ1v) is 9.28. The minimum atomic E-state index is -0.301. The van der Waals surface area contributed by atoms with Crippen LogP contribution < -0.4 is 10.6 Å². The van der Waals surface area contributed by atoms with Crippen molar-refractivity contribution in [3.63, 3.8) is 0 Å². The van der Waals surface area contributed by atoms with Gasteiger partial charge in [0, 0.05) is 30.0 Å². The zero-order chi connectivity index (χ0) is 20.1. The summed E-state index contributed by atoms with van der Waals surface area (Å²) < 4.78 is 13.0. The molecule has 2 aromatic carbocycles. The molecule has 0 radical (unpaired) electrons. The van der Waals surface area contributed by atoms with Crippen molar-refractivity contribution in [3.05, 3.63) is 96.2 Å². The van der Waals surface area contributed by atoms with E-state index in [1.807, 2.05) is 30.3 Å². The number of amides is 1. The number of hydrogen-bond acceptors (Lipinski definition) is 4. The van der Waals surface area contributed by atoms with Crippen molar-refractivity contribution in [2.45, 2.75) is 6.42 Å². The van der Waals surface area contributed by atoms with Crippen LogP contribution in [0.3, 0.4) is 0 Å². The fraction of sp³-hybridized carbons (Fsp3) is 0.0870. The first-order valence-electron chi connectivity index (χ1n) is 9.28. The first kappa shape index (κ1) is 18.6. The van der Waals surface area contributed by atoms with E-state index >= 15 is 0 Å². The number of nitrogens with zero attached hydrogens (tertiary/aromatic N) is 2. The topological polar surface area (TPSA) is 66.9 Å². The molecular formula is C23H19FN4O. The highest BCUT2D eigenvalue weighted by atomic mass is 19.1. The molecule has 4 rings (SSSR count). The Morgan fingerprint density at radius 3 is 2.62 bits per heavy atom. The lowest BCUT2D eigenvalue weighted by atomic mass is 10.1. The van der Waals surface area contributed by atoms with Crippen molar-refractivity contribution in [1.29, 1.82) is 0 Å². The maximum Gasteiger partial charge on any atom is 0.274 e. The highest BCUT2D eigenvalue weighted by molar-refractivity contribution is 6.07. The maximum atomic E-state index is 13.0. The van der Waals surface area contributed by atoms with Crippen LogP contribution in [0.2, 0.25) is 0 Å². The Labute approximate surface area is 167 Å². The molecule has 0 aliphatic rings. The van der Waals surface area contributed by atoms with Gasteiger partial charge in [-0.1, -0.05) is 30.3 Å². The molecule has 5 nitrogen and oxygen atoms in total. The average Bonchev–Trinajstić information content (AvgIpc) is 2.76. The molecule has 2 aromatic heterocycles. The molecule has 0 atom stereocenters. The third kappa shape index (κ3) is 4.55. The molecule has 0 spiro atoms. The van der Waals surface area contributed by atoms with Gasteiger partial charge in [0.05, 0.1) is 11.2 Å². The molecule has 1 amide bonds. The van der Waals surface area contributed by atoms with Gasteiger partial charge in [-0.2, -0.15) is 0 Å². The van der Waals surface area contributed by atoms with Crippen molar-refractivity contribution < 1.29 is 9.18 Å². The second kappa shape index (κ2) is 8.48. The number of halogens is 1. The summed E-state index contributed by atoms with van der Waals surface area (Å²) in [5, 5.41) is 7.11. The van der Waals surface area contributed by atoms with Gasteiger partial charge in [0.1, 0.15) is 11.5 Å². The van der Waals surface area contributed by atoms with E-state index in [1.165, 1.54) is 12.1 Å². The Balaban J connectivity index is 1.42. The summed E-state index contributed by atoms with van der Waals surface area (Å²) in [6.07, 6.45) is 4.03. The summed E-state index contributed by atoms with van der Waals surface area (Å²) in [4.78, 5) is 21.2. The lowest BCUT2D eigenvalue weighted by Gasteiger charge is -2.10. The minimum absolute atomic E-state index is 0.243. The third-order valence-corrected chi connectivity index (χ3v) is 4.53. The molecule has 0 saturated carbocycles. The second-order valence-corrected chi connectivity index (χ2v) is 6.57. The highest BCUT2D eigenvalue weighted by Gasteiger charge is 2.11. The number of carbonyl (C=O) groups is 1. The van der Waals surface area contributed by atoms with E-state index in [1.54, 1.807) is 36.7 Å². The molecule has 29 heavy (non-hydrogen) atoms. The van der Waals surface area contributed by atoms with Crippen LogP contribution in [0.25, 0.3) is 10.9 Å². The molecule has 144 valence electrons. The number of benzene rings is 2. The fourth-order valence-electron chi connectivity index (χ4n) is 3.06. The average molecular weight is 386 g/mol. The summed E-state index contributed by atoms with van der Waals surface area (Å²) in [7, 11) is 0. The van der Waals surface area contributed by atoms with Gasteiger partial charge in [-0.05, 0) is 48.4 Å². The van der Waals surface area contributed by atoms with Gasteiger partial charge in [0.15, 0.2) is 0 Å². The second-order valence-electron chi connectivity index (χ2n) is 6.57. The first-order chi connectivity index (χ1) is 14.2. The van der Waals surface area contributed by atoms with Crippen molar-refractivity contribution in [3.8, 4) is 0 Å². The molecule has 0 unspecified atom stereocenters. The number of aromatic nitrogens is 2. The quantitative estimate of drug-likeness (QED) is 0.505. The van der Waals surface area contributed by atoms with Crippen LogP contribution in [-0.2, 0) is 6.42 Å². The van der Waals surface area contributed by atoms with Crippen LogP contribution in [0.5, 0.6) is 0 Å². The molecule has 4 aromatic rings. The fourth-order valence-corrected chi connectivity index (χ4v) is 3.06. The molecule has 0 bridgehead atoms. The van der Waals surface area contributed by atoms with E-state index in [0.29, 0.717) is 17.9 Å². The summed E-state index contributed by atoms with van der Waals surface area (Å²) >= 11 is 0. The van der Waals surface area contributed by atoms with Crippen molar-refractivity contribution in [2.75, 3.05) is 17.2 Å². The van der Waals surface area contributed by atoms with Crippen LogP contribution in [0.1, 0.15) is 16.1 Å². The van der Waals surface area contributed by atoms with E-state index in [2.05, 4.69) is 20.6 Å². The largest absolute Gasteiger partial charge is 0.385 e. The van der Waals surface area contributed by atoms with Crippen LogP contribution in [0.4, 0.5) is 15.8 Å². The molecule has 2 N–H and O–H groups in total. The maximum absolute atomic E-state index is 13.0. The summed E-state index contributed by atoms with van der Waals surface area (Å²) in [5.41, 5.74) is 3.52. The molecule has 6 heteroatoms. The Hall–Kier alpha value is -3.80. The predicted molar refractivity (Wildman–Crippen MR) is 113 cm³/mol. The van der Waals surface area contributed by atoms with Crippen molar-refractivity contribution in [2.24, 2.45) is 0 Å². The molecule has 2 heterocycles. The lowest BCUT2D eigenvalue weighted by Crippen LogP contribution is -2.15. The summed E-state index contributed by atoms with van der Waals surface area (Å²) in [6.45, 7) is 0.657. The highest BCUT2D eigenvalue weighted by Crippen LogP contribution is 2.21. The third-order valence-electron chi connectivity index (χ3n) is 4.53. The van der Waals surface area contributed by atoms with Gasteiger partial charge in [-0.15, -0.1) is 0 Å². The lowest BCUT2D eigenvalue weighted by molar-refractivity contribution is 0.102. The van der Waals surface area contributed by atoms with E-state index in [9.17, 15) is 9.18 Å². The number of rotatable bonds is 6. The van der Waals surface area contributed by atoms with Gasteiger partial charge in [0.2, 0.25) is 0 Å². The van der Waals surface area contributed by atoms with Crippen molar-refractivity contribution in [1.82, 2.24) is 9.97 Å². The van der Waals surface area contributed by atoms with Crippen LogP contribution in [-0.4, -0.2) is 22.4 Å². The zero-order valence-electron chi connectivity index (χ0n) is 15.6. The minimum Gasteiger partial charge on any atom is -0.385 e. The number of hydrogen-bond donors (Lipinski definition) is 2. The Bertz CT molecular complexity index is 1140. The monoisotopic (exact) mass is 386 g/mol. The number of nitrogens with one attached hydrogen (secondary N) is 2. The SMILES string of the molecule is O=C(Nc1cccc2cccnc12)c1cc(NCCc2ccc(F)cc2)ccn1. The molecule has 0 aliphatic carbocycles. The van der Waals surface area contributed by atoms with Crippen LogP contribution >= 0.6 is 0 Å². The number of para-hydroxylation sites is 1. The zero-order valence-corrected chi connectivity index (χ0v) is 15.6.